The summed E-state index contributed by atoms with van der Waals surface area (Å²) in [4.78, 5) is 8.33. The van der Waals surface area contributed by atoms with Gasteiger partial charge in [-0.25, -0.2) is 5.26 Å². The molecule has 0 aromatic heterocycles. The van der Waals surface area contributed by atoms with Gasteiger partial charge < -0.3 is 20.1 Å². The number of carbonyl (C=O) groups is 1. The summed E-state index contributed by atoms with van der Waals surface area (Å²) in [6.45, 7) is 0. The first-order valence-electron chi connectivity index (χ1n) is 1.04. The van der Waals surface area contributed by atoms with Crippen molar-refractivity contribution in [2.75, 3.05) is 0 Å². The maximum atomic E-state index is 8.33. The molecule has 0 rings (SSSR count). The van der Waals surface area contributed by atoms with Gasteiger partial charge in [0.1, 0.15) is 0 Å². The molecular formula is C2H3K3NNa3O4. The van der Waals surface area contributed by atoms with E-state index in [9.17, 15) is 0 Å². The summed E-state index contributed by atoms with van der Waals surface area (Å²) in [5, 5.41) is 31.7. The number of hydrogen-bond donors (Lipinski definition) is 0. The van der Waals surface area contributed by atoms with Crippen LogP contribution in [0, 0.1) is 11.5 Å². The fourth-order valence-corrected chi connectivity index (χ4v) is 0. The van der Waals surface area contributed by atoms with E-state index in [4.69, 9.17) is 25.4 Å². The SMILES string of the molecule is N#C[O-].O=C([O-])[O-].[K+].[K+].[K+].[NaH].[NaH].[NaH]. The summed E-state index contributed by atoms with van der Waals surface area (Å²) in [7, 11) is 0. The van der Waals surface area contributed by atoms with Gasteiger partial charge in [-0.1, -0.05) is 0 Å². The molecule has 0 saturated heterocycles. The minimum atomic E-state index is -2.33. The molecular weight excluding hydrogens is 288 g/mol. The van der Waals surface area contributed by atoms with Crippen LogP contribution >= 0.6 is 0 Å². The normalized spacial score (nSPS) is 2.38. The molecule has 0 atom stereocenters. The molecule has 0 aliphatic carbocycles. The predicted octanol–water partition coefficient (Wildman–Crippen LogP) is -14.6. The van der Waals surface area contributed by atoms with Crippen molar-refractivity contribution < 1.29 is 174 Å². The second-order valence-corrected chi connectivity index (χ2v) is 0.341. The number of rotatable bonds is 0. The van der Waals surface area contributed by atoms with Crippen LogP contribution in [0.15, 0.2) is 0 Å². The van der Waals surface area contributed by atoms with Gasteiger partial charge in [0.2, 0.25) is 0 Å². The third-order valence-electron chi connectivity index (χ3n) is 0. The minimum absolute atomic E-state index is 0. The monoisotopic (exact) mass is 291 g/mol. The summed E-state index contributed by atoms with van der Waals surface area (Å²) in [5.41, 5.74) is 0. The first kappa shape index (κ1) is 50.5. The number of carbonyl (C=O) groups excluding carboxylic acids is 1. The zero-order valence-corrected chi connectivity index (χ0v) is 15.4. The van der Waals surface area contributed by atoms with Crippen molar-refractivity contribution in [1.82, 2.24) is 0 Å². The van der Waals surface area contributed by atoms with E-state index in [1.54, 1.807) is 0 Å². The Morgan fingerprint density at radius 3 is 1.00 bits per heavy atom. The molecule has 0 heterocycles. The van der Waals surface area contributed by atoms with Crippen molar-refractivity contribution in [3.05, 3.63) is 0 Å². The third-order valence-corrected chi connectivity index (χ3v) is 0. The molecule has 0 N–H and O–H groups in total. The predicted molar refractivity (Wildman–Crippen MR) is 32.5 cm³/mol. The number of nitrogens with zero attached hydrogens (tertiary/aromatic N) is 1. The topological polar surface area (TPSA) is 110 Å². The number of nitriles is 1. The Balaban J connectivity index is -0.00000000444. The van der Waals surface area contributed by atoms with Crippen molar-refractivity contribution in [2.45, 2.75) is 0 Å². The number of hydrogen-bond acceptors (Lipinski definition) is 5. The Morgan fingerprint density at radius 1 is 1.00 bits per heavy atom. The zero-order chi connectivity index (χ0) is 6.28. The Bertz CT molecular complexity index is 97.1. The fourth-order valence-electron chi connectivity index (χ4n) is 0. The van der Waals surface area contributed by atoms with Crippen molar-refractivity contribution in [3.8, 4) is 6.26 Å². The molecule has 0 saturated carbocycles. The van der Waals surface area contributed by atoms with E-state index in [2.05, 4.69) is 0 Å². The average molecular weight is 291 g/mol. The van der Waals surface area contributed by atoms with Crippen molar-refractivity contribution in [2.24, 2.45) is 0 Å². The van der Waals surface area contributed by atoms with Crippen molar-refractivity contribution in [1.29, 1.82) is 5.26 Å². The van der Waals surface area contributed by atoms with Gasteiger partial charge in [0.05, 0.1) is 0 Å². The standard InChI is InChI=1S/CHNO.CH2O3.3K.3Na.3H/c2-1-3;2-1(3)4;;;;;;;;;/h3H;(H2,2,3,4);;;;;;;;;/q;;3*+1;;;;;;/p-3. The van der Waals surface area contributed by atoms with Crippen LogP contribution < -0.4 is 169 Å². The second kappa shape index (κ2) is 51.4. The van der Waals surface area contributed by atoms with E-state index in [-0.39, 0.29) is 243 Å². The van der Waals surface area contributed by atoms with Gasteiger partial charge in [-0.3, -0.25) is 0 Å². The summed E-state index contributed by atoms with van der Waals surface area (Å²) in [6.07, 6.45) is -1.83. The molecule has 5 nitrogen and oxygen atoms in total. The molecule has 0 aliphatic rings. The maximum absolute atomic E-state index is 8.33. The molecule has 46 valence electrons. The van der Waals surface area contributed by atoms with E-state index in [1.165, 1.54) is 0 Å². The molecule has 0 unspecified atom stereocenters. The second-order valence-electron chi connectivity index (χ2n) is 0.341. The fraction of sp³-hybridized carbons (Fsp3) is 0. The van der Waals surface area contributed by atoms with Gasteiger partial charge in [0.15, 0.2) is 0 Å². The van der Waals surface area contributed by atoms with Gasteiger partial charge in [-0.15, -0.1) is 0 Å². The van der Waals surface area contributed by atoms with E-state index in [1.807, 2.05) is 0 Å². The first-order chi connectivity index (χ1) is 3.15. The van der Waals surface area contributed by atoms with Crippen LogP contribution in [0.25, 0.3) is 0 Å². The van der Waals surface area contributed by atoms with Gasteiger partial charge in [0.25, 0.3) is 0 Å². The molecule has 13 heavy (non-hydrogen) atoms. The van der Waals surface area contributed by atoms with Crippen molar-refractivity contribution >= 4 is 94.8 Å². The van der Waals surface area contributed by atoms with Crippen LogP contribution in [0.3, 0.4) is 0 Å². The number of carboxylic acid groups (broad SMARTS) is 2. The molecule has 11 heteroatoms. The van der Waals surface area contributed by atoms with E-state index >= 15 is 0 Å². The molecule has 0 amide bonds. The Labute approximate surface area is 271 Å². The average Bonchev–Trinajstić information content (AvgIpc) is 1.33. The van der Waals surface area contributed by atoms with Gasteiger partial charge in [-0.2, -0.15) is 0 Å². The van der Waals surface area contributed by atoms with Crippen LogP contribution in [0.2, 0.25) is 0 Å². The van der Waals surface area contributed by atoms with Gasteiger partial charge in [-0.05, 0) is 6.16 Å². The molecule has 0 radical (unpaired) electrons. The van der Waals surface area contributed by atoms with Crippen LogP contribution in [0.1, 0.15) is 0 Å². The summed E-state index contributed by atoms with van der Waals surface area (Å²) >= 11 is 0. The molecule has 0 bridgehead atoms. The third kappa shape index (κ3) is 120. The van der Waals surface area contributed by atoms with Gasteiger partial charge in [0, 0.05) is 6.26 Å². The Kier molecular flexibility index (Phi) is 200. The van der Waals surface area contributed by atoms with E-state index in [0.29, 0.717) is 6.26 Å². The molecule has 0 aliphatic heterocycles. The van der Waals surface area contributed by atoms with E-state index < -0.39 is 6.16 Å². The molecule has 0 spiro atoms. The zero-order valence-electron chi connectivity index (χ0n) is 6.08. The van der Waals surface area contributed by atoms with Gasteiger partial charge >= 0.3 is 243 Å². The molecule has 0 aromatic carbocycles. The van der Waals surface area contributed by atoms with Crippen LogP contribution in [-0.2, 0) is 0 Å². The first-order valence-corrected chi connectivity index (χ1v) is 1.04. The van der Waals surface area contributed by atoms with Crippen LogP contribution in [0.4, 0.5) is 4.79 Å². The van der Waals surface area contributed by atoms with Crippen molar-refractivity contribution in [3.63, 3.8) is 0 Å². The Morgan fingerprint density at radius 2 is 1.00 bits per heavy atom. The molecule has 0 fully saturated rings. The summed E-state index contributed by atoms with van der Waals surface area (Å²) in [6, 6.07) is 0. The summed E-state index contributed by atoms with van der Waals surface area (Å²) < 4.78 is 0. The van der Waals surface area contributed by atoms with Crippen LogP contribution in [-0.4, -0.2) is 94.8 Å². The quantitative estimate of drug-likeness (QED) is 0.325. The Hall–Kier alpha value is 6.47. The van der Waals surface area contributed by atoms with E-state index in [0.717, 1.165) is 0 Å². The summed E-state index contributed by atoms with van der Waals surface area (Å²) in [5.74, 6) is 0. The van der Waals surface area contributed by atoms with Crippen LogP contribution in [0.5, 0.6) is 0 Å². The molecule has 0 aromatic rings.